The van der Waals surface area contributed by atoms with Crippen molar-refractivity contribution in [1.82, 2.24) is 5.32 Å². The molecule has 92 valence electrons. The van der Waals surface area contributed by atoms with Crippen molar-refractivity contribution in [2.24, 2.45) is 0 Å². The molecule has 1 amide bonds. The van der Waals surface area contributed by atoms with E-state index >= 15 is 0 Å². The van der Waals surface area contributed by atoms with Crippen molar-refractivity contribution < 1.29 is 18.3 Å². The molecule has 1 aromatic rings. The highest BCUT2D eigenvalue weighted by Crippen LogP contribution is 2.38. The normalized spacial score (nSPS) is 22.8. The lowest BCUT2D eigenvalue weighted by Gasteiger charge is -2.32. The fourth-order valence-electron chi connectivity index (χ4n) is 1.55. The molecule has 1 fully saturated rings. The van der Waals surface area contributed by atoms with Crippen LogP contribution in [-0.4, -0.2) is 18.6 Å². The summed E-state index contributed by atoms with van der Waals surface area (Å²) in [6.45, 7) is -0.932. The van der Waals surface area contributed by atoms with Crippen LogP contribution in [0.4, 0.5) is 13.6 Å². The summed E-state index contributed by atoms with van der Waals surface area (Å²) in [5.74, 6) is -3.16. The number of nitrogens with one attached hydrogen (secondary N) is 1. The topological polar surface area (TPSA) is 38.3 Å². The highest BCUT2D eigenvalue weighted by molar-refractivity contribution is 9.10. The van der Waals surface area contributed by atoms with Gasteiger partial charge in [0, 0.05) is 9.50 Å². The highest BCUT2D eigenvalue weighted by atomic mass is 79.9. The van der Waals surface area contributed by atoms with Gasteiger partial charge in [-0.1, -0.05) is 33.6 Å². The van der Waals surface area contributed by atoms with Gasteiger partial charge in [-0.25, -0.2) is 13.6 Å². The Hall–Kier alpha value is -0.880. The number of benzene rings is 1. The molecule has 0 bridgehead atoms. The number of cyclic esters (lactones) is 1. The number of alkyl halides is 2. The Labute approximate surface area is 109 Å². The van der Waals surface area contributed by atoms with Crippen LogP contribution in [0.2, 0.25) is 5.02 Å². The molecule has 17 heavy (non-hydrogen) atoms. The van der Waals surface area contributed by atoms with Gasteiger partial charge in [-0.2, -0.15) is 0 Å². The third kappa shape index (κ3) is 2.52. The summed E-state index contributed by atoms with van der Waals surface area (Å²) in [7, 11) is 0. The molecule has 1 saturated heterocycles. The molecule has 1 N–H and O–H groups in total. The van der Waals surface area contributed by atoms with Crippen molar-refractivity contribution in [2.45, 2.75) is 12.0 Å². The zero-order valence-corrected chi connectivity index (χ0v) is 10.7. The van der Waals surface area contributed by atoms with E-state index in [1.165, 1.54) is 18.2 Å². The molecule has 1 aromatic carbocycles. The number of ether oxygens (including phenoxy) is 1. The molecule has 1 atom stereocenters. The van der Waals surface area contributed by atoms with Gasteiger partial charge >= 0.3 is 12.0 Å². The molecular formula is C10H7BrClF2NO2. The fraction of sp³-hybridized carbons (Fsp3) is 0.300. The van der Waals surface area contributed by atoms with Gasteiger partial charge in [-0.05, 0) is 17.7 Å². The van der Waals surface area contributed by atoms with Gasteiger partial charge in [0.05, 0.1) is 0 Å². The van der Waals surface area contributed by atoms with Crippen molar-refractivity contribution in [3.8, 4) is 0 Å². The minimum atomic E-state index is -3.16. The lowest BCUT2D eigenvalue weighted by atomic mass is 10.0. The van der Waals surface area contributed by atoms with Crippen molar-refractivity contribution in [2.75, 3.05) is 6.61 Å². The van der Waals surface area contributed by atoms with E-state index in [1.54, 1.807) is 0 Å². The van der Waals surface area contributed by atoms with Gasteiger partial charge in [-0.3, -0.25) is 0 Å². The molecule has 1 aliphatic heterocycles. The maximum Gasteiger partial charge on any atom is 0.408 e. The first-order valence-corrected chi connectivity index (χ1v) is 5.83. The SMILES string of the molecule is O=C1N[C@@H](c2ccc(Cl)cc2Br)C(F)(F)CO1. The van der Waals surface area contributed by atoms with Crippen molar-refractivity contribution in [3.05, 3.63) is 33.3 Å². The van der Waals surface area contributed by atoms with Crippen LogP contribution in [0.5, 0.6) is 0 Å². The summed E-state index contributed by atoms with van der Waals surface area (Å²) < 4.78 is 31.9. The van der Waals surface area contributed by atoms with Gasteiger partial charge in [-0.15, -0.1) is 0 Å². The van der Waals surface area contributed by atoms with E-state index in [4.69, 9.17) is 11.6 Å². The Morgan fingerprint density at radius 2 is 2.24 bits per heavy atom. The molecule has 7 heteroatoms. The van der Waals surface area contributed by atoms with Crippen molar-refractivity contribution in [3.63, 3.8) is 0 Å². The Kier molecular flexibility index (Phi) is 3.27. The molecule has 0 radical (unpaired) electrons. The van der Waals surface area contributed by atoms with Crippen LogP contribution >= 0.6 is 27.5 Å². The van der Waals surface area contributed by atoms with Crippen molar-refractivity contribution >= 4 is 33.6 Å². The standard InChI is InChI=1S/C10H7BrClF2NO2/c11-7-3-5(12)1-2-6(7)8-10(13,14)4-17-9(16)15-8/h1-3,8H,4H2,(H,15,16)/t8-/m0/s1. The minimum absolute atomic E-state index is 0.260. The number of rotatable bonds is 1. The van der Waals surface area contributed by atoms with Gasteiger partial charge in [0.1, 0.15) is 6.04 Å². The number of halogens is 4. The van der Waals surface area contributed by atoms with E-state index in [2.05, 4.69) is 26.0 Å². The number of hydrogen-bond acceptors (Lipinski definition) is 2. The second-order valence-electron chi connectivity index (χ2n) is 3.58. The number of alkyl carbamates (subject to hydrolysis) is 1. The van der Waals surface area contributed by atoms with E-state index in [1.807, 2.05) is 0 Å². The Balaban J connectivity index is 2.39. The summed E-state index contributed by atoms with van der Waals surface area (Å²) in [6.07, 6.45) is -0.859. The van der Waals surface area contributed by atoms with E-state index in [9.17, 15) is 13.6 Å². The van der Waals surface area contributed by atoms with Crippen LogP contribution < -0.4 is 5.32 Å². The molecular weight excluding hydrogens is 319 g/mol. The number of hydrogen-bond donors (Lipinski definition) is 1. The number of carbonyl (C=O) groups excluding carboxylic acids is 1. The summed E-state index contributed by atoms with van der Waals surface area (Å²) in [5, 5.41) is 2.52. The Morgan fingerprint density at radius 3 is 2.88 bits per heavy atom. The second-order valence-corrected chi connectivity index (χ2v) is 4.87. The van der Waals surface area contributed by atoms with Gasteiger partial charge in [0.2, 0.25) is 0 Å². The monoisotopic (exact) mass is 325 g/mol. The third-order valence-electron chi connectivity index (χ3n) is 2.35. The van der Waals surface area contributed by atoms with E-state index in [0.29, 0.717) is 9.50 Å². The summed E-state index contributed by atoms with van der Waals surface area (Å²) in [4.78, 5) is 11.0. The van der Waals surface area contributed by atoms with E-state index in [-0.39, 0.29) is 5.56 Å². The maximum absolute atomic E-state index is 13.6. The predicted octanol–water partition coefficient (Wildman–Crippen LogP) is 3.52. The van der Waals surface area contributed by atoms with Crippen LogP contribution in [-0.2, 0) is 4.74 Å². The quantitative estimate of drug-likeness (QED) is 0.857. The van der Waals surface area contributed by atoms with Crippen LogP contribution in [0.15, 0.2) is 22.7 Å². The lowest BCUT2D eigenvalue weighted by Crippen LogP contribution is -2.49. The zero-order valence-electron chi connectivity index (χ0n) is 8.34. The molecule has 3 nitrogen and oxygen atoms in total. The van der Waals surface area contributed by atoms with Crippen LogP contribution in [0.3, 0.4) is 0 Å². The van der Waals surface area contributed by atoms with Gasteiger partial charge < -0.3 is 10.1 Å². The van der Waals surface area contributed by atoms with Crippen molar-refractivity contribution in [1.29, 1.82) is 0 Å². The first kappa shape index (κ1) is 12.6. The number of carbonyl (C=O) groups is 1. The largest absolute Gasteiger partial charge is 0.443 e. The van der Waals surface area contributed by atoms with E-state index < -0.39 is 24.7 Å². The predicted molar refractivity (Wildman–Crippen MR) is 61.3 cm³/mol. The first-order chi connectivity index (χ1) is 7.90. The molecule has 0 spiro atoms. The van der Waals surface area contributed by atoms with Gasteiger partial charge in [0.25, 0.3) is 0 Å². The summed E-state index contributed by atoms with van der Waals surface area (Å²) >= 11 is 8.87. The lowest BCUT2D eigenvalue weighted by molar-refractivity contribution is -0.104. The first-order valence-electron chi connectivity index (χ1n) is 4.66. The molecule has 0 unspecified atom stereocenters. The van der Waals surface area contributed by atoms with Gasteiger partial charge in [0.15, 0.2) is 6.61 Å². The molecule has 1 heterocycles. The maximum atomic E-state index is 13.6. The highest BCUT2D eigenvalue weighted by Gasteiger charge is 2.47. The second kappa shape index (κ2) is 4.42. The van der Waals surface area contributed by atoms with E-state index in [0.717, 1.165) is 0 Å². The average Bonchev–Trinajstić information content (AvgIpc) is 2.23. The summed E-state index contributed by atoms with van der Waals surface area (Å²) in [5.41, 5.74) is 0.260. The Bertz CT molecular complexity index is 470. The molecule has 0 aromatic heterocycles. The molecule has 1 aliphatic rings. The fourth-order valence-corrected chi connectivity index (χ4v) is 2.46. The molecule has 2 rings (SSSR count). The van der Waals surface area contributed by atoms with Crippen LogP contribution in [0.25, 0.3) is 0 Å². The minimum Gasteiger partial charge on any atom is -0.443 e. The van der Waals surface area contributed by atoms with Crippen LogP contribution in [0.1, 0.15) is 11.6 Å². The zero-order chi connectivity index (χ0) is 12.6. The molecule has 0 saturated carbocycles. The third-order valence-corrected chi connectivity index (χ3v) is 3.28. The molecule has 0 aliphatic carbocycles. The number of amides is 1. The Morgan fingerprint density at radius 1 is 1.53 bits per heavy atom. The summed E-state index contributed by atoms with van der Waals surface area (Å²) in [6, 6.07) is 3.00. The van der Waals surface area contributed by atoms with Crippen LogP contribution in [0, 0.1) is 0 Å². The smallest absolute Gasteiger partial charge is 0.408 e. The average molecular weight is 327 g/mol.